The first kappa shape index (κ1) is 6.47. The molecule has 0 atom stereocenters. The summed E-state index contributed by atoms with van der Waals surface area (Å²) in [5.74, 6) is 1.39. The molecule has 1 amide bonds. The minimum absolute atomic E-state index is 0.193. The smallest absolute Gasteiger partial charge is 0.262 e. The lowest BCUT2D eigenvalue weighted by Crippen LogP contribution is -2.01. The van der Waals surface area contributed by atoms with Crippen LogP contribution in [0.4, 0.5) is 0 Å². The molecule has 0 aromatic carbocycles. The lowest BCUT2D eigenvalue weighted by Gasteiger charge is -1.85. The Balaban J connectivity index is 3.10. The van der Waals surface area contributed by atoms with Crippen LogP contribution >= 0.6 is 0 Å². The van der Waals surface area contributed by atoms with Crippen LogP contribution in [0.15, 0.2) is 22.5 Å². The van der Waals surface area contributed by atoms with E-state index >= 15 is 0 Å². The van der Waals surface area contributed by atoms with Crippen LogP contribution in [0.1, 0.15) is 6.42 Å². The first-order valence-electron chi connectivity index (χ1n) is 2.64. The van der Waals surface area contributed by atoms with E-state index in [1.54, 1.807) is 0 Å². The molecule has 0 saturated heterocycles. The molecular formula is C7H3NO2. The van der Waals surface area contributed by atoms with E-state index in [4.69, 9.17) is 0 Å². The topological polar surface area (TPSA) is 46.5 Å². The predicted octanol–water partition coefficient (Wildman–Crippen LogP) is 0.0219. The Hall–Kier alpha value is -1.65. The highest BCUT2D eigenvalue weighted by Crippen LogP contribution is 1.88. The van der Waals surface area contributed by atoms with Gasteiger partial charge in [-0.25, -0.2) is 0 Å². The number of aliphatic imine (C=N–C) groups is 1. The van der Waals surface area contributed by atoms with Crippen LogP contribution in [0.5, 0.6) is 0 Å². The minimum Gasteiger partial charge on any atom is -0.294 e. The molecular weight excluding hydrogens is 130 g/mol. The van der Waals surface area contributed by atoms with Gasteiger partial charge in [0.2, 0.25) is 0 Å². The molecule has 1 aliphatic heterocycles. The van der Waals surface area contributed by atoms with Crippen molar-refractivity contribution in [1.29, 1.82) is 0 Å². The molecule has 10 heavy (non-hydrogen) atoms. The fraction of sp³-hybridized carbons (Fsp3) is 0.143. The highest BCUT2D eigenvalue weighted by atomic mass is 16.2. The number of amides is 1. The molecule has 0 aromatic heterocycles. The number of hydrogen-bond acceptors (Lipinski definition) is 2. The zero-order valence-corrected chi connectivity index (χ0v) is 5.05. The summed E-state index contributed by atoms with van der Waals surface area (Å²) < 4.78 is 0. The molecule has 1 heterocycles. The van der Waals surface area contributed by atoms with Crippen LogP contribution in [-0.4, -0.2) is 17.6 Å². The molecule has 0 aromatic rings. The van der Waals surface area contributed by atoms with Crippen LogP contribution in [-0.2, 0) is 9.59 Å². The van der Waals surface area contributed by atoms with Gasteiger partial charge in [0, 0.05) is 11.8 Å². The van der Waals surface area contributed by atoms with Gasteiger partial charge >= 0.3 is 0 Å². The molecule has 48 valence electrons. The molecule has 0 bridgehead atoms. The molecule has 0 saturated carbocycles. The number of allylic oxidation sites excluding steroid dienone is 1. The summed E-state index contributed by atoms with van der Waals surface area (Å²) in [7, 11) is 0. The lowest BCUT2D eigenvalue weighted by atomic mass is 10.2. The second-order valence-electron chi connectivity index (χ2n) is 1.67. The van der Waals surface area contributed by atoms with Gasteiger partial charge < -0.3 is 0 Å². The maximum atomic E-state index is 10.6. The molecule has 3 nitrogen and oxygen atoms in total. The van der Waals surface area contributed by atoms with Crippen molar-refractivity contribution >= 4 is 17.6 Å². The first-order valence-corrected chi connectivity index (χ1v) is 2.64. The van der Waals surface area contributed by atoms with E-state index in [9.17, 15) is 9.59 Å². The number of hydrogen-bond donors (Lipinski definition) is 0. The Kier molecular flexibility index (Phi) is 1.79. The lowest BCUT2D eigenvalue weighted by molar-refractivity contribution is -0.123. The van der Waals surface area contributed by atoms with E-state index in [0.29, 0.717) is 0 Å². The van der Waals surface area contributed by atoms with Gasteiger partial charge in [0.15, 0.2) is 5.78 Å². The SMILES string of the molecule is O=C1C=C=C=C=NC(=O)C1. The van der Waals surface area contributed by atoms with Crippen molar-refractivity contribution in [3.05, 3.63) is 17.5 Å². The zero-order chi connectivity index (χ0) is 7.40. The quantitative estimate of drug-likeness (QED) is 0.345. The van der Waals surface area contributed by atoms with Gasteiger partial charge in [0.05, 0.1) is 12.3 Å². The number of carbonyl (C=O) groups is 2. The van der Waals surface area contributed by atoms with Gasteiger partial charge in [-0.05, 0) is 0 Å². The van der Waals surface area contributed by atoms with Gasteiger partial charge in [0.25, 0.3) is 5.91 Å². The van der Waals surface area contributed by atoms with E-state index in [0.717, 1.165) is 6.08 Å². The Morgan fingerprint density at radius 1 is 1.50 bits per heavy atom. The molecule has 0 spiro atoms. The standard InChI is InChI=1S/C7H3NO2/c9-6-3-1-2-4-8-7(10)5-6/h3H,5H2. The largest absolute Gasteiger partial charge is 0.294 e. The maximum absolute atomic E-state index is 10.6. The number of rotatable bonds is 0. The highest BCUT2D eigenvalue weighted by Gasteiger charge is 2.04. The Bertz CT molecular complexity index is 280. The monoisotopic (exact) mass is 133 g/mol. The van der Waals surface area contributed by atoms with Crippen LogP contribution in [0.25, 0.3) is 0 Å². The summed E-state index contributed by atoms with van der Waals surface area (Å²) in [6.07, 6.45) is 0.960. The van der Waals surface area contributed by atoms with Crippen molar-refractivity contribution in [1.82, 2.24) is 0 Å². The summed E-state index contributed by atoms with van der Waals surface area (Å²) in [5.41, 5.74) is 4.66. The van der Waals surface area contributed by atoms with Crippen molar-refractivity contribution in [2.45, 2.75) is 6.42 Å². The van der Waals surface area contributed by atoms with E-state index in [2.05, 4.69) is 22.3 Å². The second-order valence-corrected chi connectivity index (χ2v) is 1.67. The molecule has 0 unspecified atom stereocenters. The summed E-state index contributed by atoms with van der Waals surface area (Å²) >= 11 is 0. The average molecular weight is 133 g/mol. The average Bonchev–Trinajstić information content (AvgIpc) is 1.83. The summed E-state index contributed by atoms with van der Waals surface area (Å²) in [4.78, 5) is 24.3. The fourth-order valence-corrected chi connectivity index (χ4v) is 0.479. The van der Waals surface area contributed by atoms with Crippen molar-refractivity contribution in [2.75, 3.05) is 0 Å². The molecule has 0 N–H and O–H groups in total. The number of carbonyl (C=O) groups excluding carboxylic acids is 2. The summed E-state index contributed by atoms with van der Waals surface area (Å²) in [6, 6.07) is 0. The molecule has 0 aliphatic carbocycles. The van der Waals surface area contributed by atoms with Crippen LogP contribution in [0, 0.1) is 0 Å². The van der Waals surface area contributed by atoms with E-state index in [-0.39, 0.29) is 12.2 Å². The van der Waals surface area contributed by atoms with Gasteiger partial charge in [-0.2, -0.15) is 4.99 Å². The Labute approximate surface area is 57.1 Å². The van der Waals surface area contributed by atoms with Crippen molar-refractivity contribution in [2.24, 2.45) is 4.99 Å². The normalized spacial score (nSPS) is 15.6. The zero-order valence-electron chi connectivity index (χ0n) is 5.05. The van der Waals surface area contributed by atoms with Gasteiger partial charge in [0.1, 0.15) is 0 Å². The third kappa shape index (κ3) is 1.70. The molecule has 1 rings (SSSR count). The van der Waals surface area contributed by atoms with Crippen molar-refractivity contribution < 1.29 is 9.59 Å². The van der Waals surface area contributed by atoms with E-state index < -0.39 is 5.91 Å². The number of ketones is 1. The first-order chi connectivity index (χ1) is 4.79. The third-order valence-corrected chi connectivity index (χ3v) is 0.867. The van der Waals surface area contributed by atoms with Crippen molar-refractivity contribution in [3.8, 4) is 0 Å². The van der Waals surface area contributed by atoms with Crippen LogP contribution in [0.3, 0.4) is 0 Å². The summed E-state index contributed by atoms with van der Waals surface area (Å²) in [6.45, 7) is 0. The Morgan fingerprint density at radius 2 is 2.30 bits per heavy atom. The Morgan fingerprint density at radius 3 is 3.10 bits per heavy atom. The maximum Gasteiger partial charge on any atom is 0.262 e. The molecule has 1 aliphatic rings. The van der Waals surface area contributed by atoms with E-state index in [1.165, 1.54) is 0 Å². The van der Waals surface area contributed by atoms with Crippen LogP contribution in [0.2, 0.25) is 0 Å². The minimum atomic E-state index is -0.491. The molecule has 0 radical (unpaired) electrons. The molecule has 0 fully saturated rings. The number of nitrogens with zero attached hydrogens (tertiary/aromatic N) is 1. The van der Waals surface area contributed by atoms with E-state index in [1.807, 2.05) is 0 Å². The van der Waals surface area contributed by atoms with Crippen molar-refractivity contribution in [3.63, 3.8) is 0 Å². The third-order valence-electron chi connectivity index (χ3n) is 0.867. The van der Waals surface area contributed by atoms with Gasteiger partial charge in [-0.1, -0.05) is 5.73 Å². The van der Waals surface area contributed by atoms with Crippen LogP contribution < -0.4 is 0 Å². The second kappa shape index (κ2) is 2.77. The summed E-state index contributed by atoms with van der Waals surface area (Å²) in [5, 5.41) is 0. The van der Waals surface area contributed by atoms with Gasteiger partial charge in [-0.15, -0.1) is 0 Å². The molecule has 3 heteroatoms. The highest BCUT2D eigenvalue weighted by molar-refractivity contribution is 6.05. The predicted molar refractivity (Wildman–Crippen MR) is 33.7 cm³/mol. The fourth-order valence-electron chi connectivity index (χ4n) is 0.479. The van der Waals surface area contributed by atoms with Gasteiger partial charge in [-0.3, -0.25) is 9.59 Å².